The lowest BCUT2D eigenvalue weighted by molar-refractivity contribution is -0.114. The average molecular weight is 129 g/mol. The Morgan fingerprint density at radius 3 is 2.56 bits per heavy atom. The summed E-state index contributed by atoms with van der Waals surface area (Å²) < 4.78 is 0. The Hall–Kier alpha value is -0.630. The van der Waals surface area contributed by atoms with Crippen molar-refractivity contribution in [1.82, 2.24) is 6.15 Å². The third-order valence-electron chi connectivity index (χ3n) is 1.00. The molecule has 54 valence electrons. The molecule has 0 heterocycles. The molecule has 0 saturated heterocycles. The molecule has 0 fully saturated rings. The predicted octanol–water partition coefficient (Wildman–Crippen LogP) is 2.09. The number of carbonyl (C=O) groups excluding carboxylic acids is 1. The number of hydrogen-bond donors (Lipinski definition) is 1. The van der Waals surface area contributed by atoms with Crippen LogP contribution in [0.4, 0.5) is 0 Å². The summed E-state index contributed by atoms with van der Waals surface area (Å²) in [5.74, 6) is 0.159. The maximum Gasteiger partial charge on any atom is 0.155 e. The van der Waals surface area contributed by atoms with Crippen LogP contribution in [0.15, 0.2) is 12.7 Å². The van der Waals surface area contributed by atoms with Crippen molar-refractivity contribution in [3.63, 3.8) is 0 Å². The van der Waals surface area contributed by atoms with Crippen LogP contribution in [-0.2, 0) is 4.79 Å². The fourth-order valence-electron chi connectivity index (χ4n) is 0.453. The van der Waals surface area contributed by atoms with Gasteiger partial charge in [0.15, 0.2) is 5.78 Å². The Labute approximate surface area is 56.5 Å². The maximum atomic E-state index is 10.5. The van der Waals surface area contributed by atoms with Gasteiger partial charge in [-0.15, -0.1) is 0 Å². The number of rotatable bonds is 4. The Morgan fingerprint density at radius 2 is 2.22 bits per heavy atom. The van der Waals surface area contributed by atoms with Crippen LogP contribution in [0.5, 0.6) is 0 Å². The van der Waals surface area contributed by atoms with Gasteiger partial charge in [0, 0.05) is 6.42 Å². The van der Waals surface area contributed by atoms with Gasteiger partial charge in [-0.3, -0.25) is 4.79 Å². The van der Waals surface area contributed by atoms with Crippen molar-refractivity contribution < 1.29 is 4.79 Å². The number of allylic oxidation sites excluding steroid dienone is 1. The predicted molar refractivity (Wildman–Crippen MR) is 39.8 cm³/mol. The van der Waals surface area contributed by atoms with Crippen LogP contribution in [0.2, 0.25) is 0 Å². The highest BCUT2D eigenvalue weighted by Crippen LogP contribution is 1.94. The van der Waals surface area contributed by atoms with Gasteiger partial charge in [-0.2, -0.15) is 0 Å². The molecule has 0 aromatic rings. The molecule has 0 saturated carbocycles. The largest absolute Gasteiger partial charge is 0.344 e. The van der Waals surface area contributed by atoms with Crippen LogP contribution in [-0.4, -0.2) is 5.78 Å². The van der Waals surface area contributed by atoms with E-state index in [1.54, 1.807) is 0 Å². The molecule has 0 amide bonds. The first kappa shape index (κ1) is 11.2. The molecule has 0 bridgehead atoms. The summed E-state index contributed by atoms with van der Waals surface area (Å²) in [5, 5.41) is 0. The monoisotopic (exact) mass is 129 g/mol. The number of ketones is 1. The van der Waals surface area contributed by atoms with E-state index in [0.717, 1.165) is 12.8 Å². The summed E-state index contributed by atoms with van der Waals surface area (Å²) in [6, 6.07) is 0. The van der Waals surface area contributed by atoms with Gasteiger partial charge >= 0.3 is 0 Å². The van der Waals surface area contributed by atoms with E-state index < -0.39 is 0 Å². The zero-order valence-corrected chi connectivity index (χ0v) is 6.02. The van der Waals surface area contributed by atoms with Crippen molar-refractivity contribution in [1.29, 1.82) is 0 Å². The lowest BCUT2D eigenvalue weighted by atomic mass is 10.2. The second-order valence-corrected chi connectivity index (χ2v) is 1.77. The molecule has 0 aromatic heterocycles. The highest BCUT2D eigenvalue weighted by Gasteiger charge is 1.90. The Balaban J connectivity index is 0. The molecule has 2 heteroatoms. The van der Waals surface area contributed by atoms with Gasteiger partial charge in [0.2, 0.25) is 0 Å². The van der Waals surface area contributed by atoms with Crippen LogP contribution >= 0.6 is 0 Å². The smallest absolute Gasteiger partial charge is 0.155 e. The van der Waals surface area contributed by atoms with Gasteiger partial charge in [0.05, 0.1) is 0 Å². The quantitative estimate of drug-likeness (QED) is 0.591. The molecule has 0 atom stereocenters. The van der Waals surface area contributed by atoms with E-state index in [9.17, 15) is 4.79 Å². The SMILES string of the molecule is C=CC(=O)CCCC.N. The summed E-state index contributed by atoms with van der Waals surface area (Å²) in [6.07, 6.45) is 4.13. The second kappa shape index (κ2) is 7.37. The molecule has 0 aliphatic carbocycles. The van der Waals surface area contributed by atoms with Crippen molar-refractivity contribution >= 4 is 5.78 Å². The molecule has 0 aromatic carbocycles. The zero-order chi connectivity index (χ0) is 6.41. The molecule has 0 unspecified atom stereocenters. The molecule has 0 spiro atoms. The van der Waals surface area contributed by atoms with Crippen LogP contribution in [0.1, 0.15) is 26.2 Å². The number of unbranched alkanes of at least 4 members (excludes halogenated alkanes) is 1. The van der Waals surface area contributed by atoms with E-state index in [0.29, 0.717) is 6.42 Å². The molecular formula is C7H15NO. The summed E-state index contributed by atoms with van der Waals surface area (Å²) in [6.45, 7) is 5.43. The second-order valence-electron chi connectivity index (χ2n) is 1.77. The first-order valence-corrected chi connectivity index (χ1v) is 2.96. The molecule has 9 heavy (non-hydrogen) atoms. The summed E-state index contributed by atoms with van der Waals surface area (Å²) in [5.41, 5.74) is 0. The van der Waals surface area contributed by atoms with E-state index >= 15 is 0 Å². The minimum atomic E-state index is 0. The zero-order valence-electron chi connectivity index (χ0n) is 6.02. The molecular weight excluding hydrogens is 114 g/mol. The first-order valence-electron chi connectivity index (χ1n) is 2.96. The Kier molecular flexibility index (Phi) is 9.18. The fourth-order valence-corrected chi connectivity index (χ4v) is 0.453. The average Bonchev–Trinajstić information content (AvgIpc) is 1.83. The van der Waals surface area contributed by atoms with Gasteiger partial charge < -0.3 is 6.15 Å². The third-order valence-corrected chi connectivity index (χ3v) is 1.00. The van der Waals surface area contributed by atoms with Crippen LogP contribution in [0, 0.1) is 0 Å². The van der Waals surface area contributed by atoms with Crippen molar-refractivity contribution in [2.45, 2.75) is 26.2 Å². The fraction of sp³-hybridized carbons (Fsp3) is 0.571. The molecule has 2 nitrogen and oxygen atoms in total. The van der Waals surface area contributed by atoms with E-state index in [-0.39, 0.29) is 11.9 Å². The molecule has 0 radical (unpaired) electrons. The highest BCUT2D eigenvalue weighted by molar-refractivity contribution is 5.88. The van der Waals surface area contributed by atoms with Crippen LogP contribution in [0.25, 0.3) is 0 Å². The third kappa shape index (κ3) is 7.37. The van der Waals surface area contributed by atoms with Gasteiger partial charge in [-0.1, -0.05) is 19.9 Å². The Bertz CT molecular complexity index is 88.9. The van der Waals surface area contributed by atoms with E-state index in [4.69, 9.17) is 0 Å². The van der Waals surface area contributed by atoms with Crippen molar-refractivity contribution in [2.24, 2.45) is 0 Å². The minimum Gasteiger partial charge on any atom is -0.344 e. The molecule has 0 aliphatic rings. The minimum absolute atomic E-state index is 0. The van der Waals surface area contributed by atoms with Gasteiger partial charge in [-0.05, 0) is 12.5 Å². The highest BCUT2D eigenvalue weighted by atomic mass is 16.1. The van der Waals surface area contributed by atoms with Crippen molar-refractivity contribution in [3.05, 3.63) is 12.7 Å². The Morgan fingerprint density at radius 1 is 1.67 bits per heavy atom. The van der Waals surface area contributed by atoms with Gasteiger partial charge in [-0.25, -0.2) is 0 Å². The van der Waals surface area contributed by atoms with E-state index in [1.165, 1.54) is 6.08 Å². The molecule has 0 rings (SSSR count). The number of hydrogen-bond acceptors (Lipinski definition) is 2. The maximum absolute atomic E-state index is 10.5. The lowest BCUT2D eigenvalue weighted by Crippen LogP contribution is -1.89. The lowest BCUT2D eigenvalue weighted by Gasteiger charge is -1.88. The molecule has 3 N–H and O–H groups in total. The van der Waals surface area contributed by atoms with E-state index in [2.05, 4.69) is 13.5 Å². The van der Waals surface area contributed by atoms with Gasteiger partial charge in [0.25, 0.3) is 0 Å². The summed E-state index contributed by atoms with van der Waals surface area (Å²) in [4.78, 5) is 10.5. The van der Waals surface area contributed by atoms with Crippen LogP contribution < -0.4 is 6.15 Å². The normalized spacial score (nSPS) is 7.67. The van der Waals surface area contributed by atoms with Gasteiger partial charge in [0.1, 0.15) is 0 Å². The topological polar surface area (TPSA) is 52.1 Å². The van der Waals surface area contributed by atoms with Crippen LogP contribution in [0.3, 0.4) is 0 Å². The number of carbonyl (C=O) groups is 1. The van der Waals surface area contributed by atoms with Crippen molar-refractivity contribution in [2.75, 3.05) is 0 Å². The van der Waals surface area contributed by atoms with E-state index in [1.807, 2.05) is 0 Å². The van der Waals surface area contributed by atoms with Crippen molar-refractivity contribution in [3.8, 4) is 0 Å². The standard InChI is InChI=1S/C7H12O.H3N/c1-3-5-6-7(8)4-2;/h4H,2-3,5-6H2,1H3;1H3. The first-order chi connectivity index (χ1) is 3.81. The summed E-state index contributed by atoms with van der Waals surface area (Å²) in [7, 11) is 0. The molecule has 0 aliphatic heterocycles. The summed E-state index contributed by atoms with van der Waals surface area (Å²) >= 11 is 0.